The lowest BCUT2D eigenvalue weighted by Crippen LogP contribution is -3.11. The third-order valence-corrected chi connectivity index (χ3v) is 3.73. The molecule has 1 aromatic rings. The zero-order valence-corrected chi connectivity index (χ0v) is 10.8. The summed E-state index contributed by atoms with van der Waals surface area (Å²) in [7, 11) is 1.70. The van der Waals surface area contributed by atoms with E-state index in [1.54, 1.807) is 7.11 Å². The fourth-order valence-corrected chi connectivity index (χ4v) is 2.61. The maximum Gasteiger partial charge on any atom is 0.220 e. The average Bonchev–Trinajstić information content (AvgIpc) is 2.40. The maximum atomic E-state index is 11.1. The highest BCUT2D eigenvalue weighted by molar-refractivity contribution is 5.76. The molecule has 3 N–H and O–H groups in total. The summed E-state index contributed by atoms with van der Waals surface area (Å²) in [6.07, 6.45) is 1.81. The summed E-state index contributed by atoms with van der Waals surface area (Å²) >= 11 is 0. The minimum atomic E-state index is -0.147. The van der Waals surface area contributed by atoms with Gasteiger partial charge in [0.05, 0.1) is 20.2 Å². The van der Waals surface area contributed by atoms with E-state index in [4.69, 9.17) is 10.5 Å². The van der Waals surface area contributed by atoms with Crippen LogP contribution >= 0.6 is 0 Å². The van der Waals surface area contributed by atoms with Crippen LogP contribution in [0.5, 0.6) is 5.75 Å². The molecular weight excluding hydrogens is 228 g/mol. The summed E-state index contributed by atoms with van der Waals surface area (Å²) in [6.45, 7) is 2.97. The van der Waals surface area contributed by atoms with Gasteiger partial charge in [-0.3, -0.25) is 4.79 Å². The summed E-state index contributed by atoms with van der Waals surface area (Å²) < 4.78 is 5.36. The number of quaternary nitrogens is 1. The Bertz CT molecular complexity index is 412. The van der Waals surface area contributed by atoms with Crippen molar-refractivity contribution in [1.29, 1.82) is 0 Å². The first-order valence-corrected chi connectivity index (χ1v) is 6.45. The standard InChI is InChI=1S/C14H20N2O2/c1-18-13-5-3-2-4-12(13)10-16-8-6-11(7-9-16)14(15)17/h2-5,11H,6-10H2,1H3,(H2,15,17)/p+1. The van der Waals surface area contributed by atoms with Crippen molar-refractivity contribution in [2.75, 3.05) is 20.2 Å². The molecule has 0 unspecified atom stereocenters. The van der Waals surface area contributed by atoms with Gasteiger partial charge < -0.3 is 15.4 Å². The Balaban J connectivity index is 1.93. The van der Waals surface area contributed by atoms with Crippen molar-refractivity contribution < 1.29 is 14.4 Å². The molecule has 0 saturated carbocycles. The van der Waals surface area contributed by atoms with Gasteiger partial charge >= 0.3 is 0 Å². The van der Waals surface area contributed by atoms with Gasteiger partial charge in [0.15, 0.2) is 0 Å². The second-order valence-corrected chi connectivity index (χ2v) is 4.92. The van der Waals surface area contributed by atoms with Crippen molar-refractivity contribution in [3.05, 3.63) is 29.8 Å². The number of likely N-dealkylation sites (tertiary alicyclic amines) is 1. The first kappa shape index (κ1) is 12.9. The van der Waals surface area contributed by atoms with Crippen molar-refractivity contribution in [2.24, 2.45) is 11.7 Å². The Kier molecular flexibility index (Phi) is 4.20. The van der Waals surface area contributed by atoms with Gasteiger partial charge in [0.25, 0.3) is 0 Å². The van der Waals surface area contributed by atoms with E-state index < -0.39 is 0 Å². The van der Waals surface area contributed by atoms with Crippen LogP contribution in [0.1, 0.15) is 18.4 Å². The molecule has 2 rings (SSSR count). The number of ether oxygens (including phenoxy) is 1. The molecule has 1 aliphatic rings. The first-order valence-electron chi connectivity index (χ1n) is 6.45. The molecule has 98 valence electrons. The molecule has 0 spiro atoms. The molecule has 1 heterocycles. The summed E-state index contributed by atoms with van der Waals surface area (Å²) in [6, 6.07) is 8.11. The van der Waals surface area contributed by atoms with Crippen LogP contribution in [-0.4, -0.2) is 26.1 Å². The lowest BCUT2D eigenvalue weighted by molar-refractivity contribution is -0.919. The molecule has 4 nitrogen and oxygen atoms in total. The Morgan fingerprint density at radius 2 is 2.06 bits per heavy atom. The van der Waals surface area contributed by atoms with Crippen LogP contribution in [-0.2, 0) is 11.3 Å². The van der Waals surface area contributed by atoms with Gasteiger partial charge in [-0.25, -0.2) is 0 Å². The normalized spacial score (nSPS) is 23.6. The third-order valence-electron chi connectivity index (χ3n) is 3.73. The van der Waals surface area contributed by atoms with E-state index >= 15 is 0 Å². The van der Waals surface area contributed by atoms with Crippen LogP contribution in [0.25, 0.3) is 0 Å². The highest BCUT2D eigenvalue weighted by Crippen LogP contribution is 2.16. The molecule has 1 aromatic carbocycles. The number of benzene rings is 1. The number of piperidine rings is 1. The summed E-state index contributed by atoms with van der Waals surface area (Å²) in [4.78, 5) is 12.6. The minimum Gasteiger partial charge on any atom is -0.496 e. The monoisotopic (exact) mass is 249 g/mol. The first-order chi connectivity index (χ1) is 8.70. The van der Waals surface area contributed by atoms with Gasteiger partial charge in [-0.1, -0.05) is 12.1 Å². The van der Waals surface area contributed by atoms with Crippen LogP contribution in [0.3, 0.4) is 0 Å². The van der Waals surface area contributed by atoms with Gasteiger partial charge in [-0.15, -0.1) is 0 Å². The Labute approximate surface area is 108 Å². The molecule has 1 aliphatic heterocycles. The summed E-state index contributed by atoms with van der Waals surface area (Å²) in [5.41, 5.74) is 6.57. The Hall–Kier alpha value is -1.55. The van der Waals surface area contributed by atoms with Crippen LogP contribution in [0.15, 0.2) is 24.3 Å². The largest absolute Gasteiger partial charge is 0.496 e. The molecule has 0 atom stereocenters. The molecule has 1 saturated heterocycles. The lowest BCUT2D eigenvalue weighted by Gasteiger charge is -2.28. The minimum absolute atomic E-state index is 0.0754. The van der Waals surface area contributed by atoms with Crippen molar-refractivity contribution >= 4 is 5.91 Å². The van der Waals surface area contributed by atoms with Crippen molar-refractivity contribution in [1.82, 2.24) is 0 Å². The number of methoxy groups -OCH3 is 1. The highest BCUT2D eigenvalue weighted by Gasteiger charge is 2.26. The SMILES string of the molecule is COc1ccccc1C[NH+]1CCC(C(N)=O)CC1. The van der Waals surface area contributed by atoms with Crippen LogP contribution in [0, 0.1) is 5.92 Å². The highest BCUT2D eigenvalue weighted by atomic mass is 16.5. The number of hydrogen-bond donors (Lipinski definition) is 2. The van der Waals surface area contributed by atoms with E-state index in [-0.39, 0.29) is 11.8 Å². The quantitative estimate of drug-likeness (QED) is 0.787. The van der Waals surface area contributed by atoms with Gasteiger partial charge in [0.1, 0.15) is 12.3 Å². The number of nitrogens with two attached hydrogens (primary N) is 1. The zero-order valence-electron chi connectivity index (χ0n) is 10.8. The third kappa shape index (κ3) is 3.01. The van der Waals surface area contributed by atoms with Crippen molar-refractivity contribution in [3.8, 4) is 5.75 Å². The number of amides is 1. The number of rotatable bonds is 4. The number of nitrogens with one attached hydrogen (secondary N) is 1. The molecule has 0 radical (unpaired) electrons. The number of carbonyl (C=O) groups is 1. The second-order valence-electron chi connectivity index (χ2n) is 4.92. The van der Waals surface area contributed by atoms with Gasteiger partial charge in [-0.05, 0) is 12.1 Å². The van der Waals surface area contributed by atoms with E-state index in [1.165, 1.54) is 10.5 Å². The van der Waals surface area contributed by atoms with Crippen molar-refractivity contribution in [3.63, 3.8) is 0 Å². The summed E-state index contributed by atoms with van der Waals surface area (Å²) in [5, 5.41) is 0. The zero-order chi connectivity index (χ0) is 13.0. The van der Waals surface area contributed by atoms with Crippen molar-refractivity contribution in [2.45, 2.75) is 19.4 Å². The van der Waals surface area contributed by atoms with E-state index in [0.717, 1.165) is 38.2 Å². The average molecular weight is 249 g/mol. The number of para-hydroxylation sites is 1. The van der Waals surface area contributed by atoms with E-state index in [0.29, 0.717) is 0 Å². The fourth-order valence-electron chi connectivity index (χ4n) is 2.61. The predicted octanol–water partition coefficient (Wildman–Crippen LogP) is -0.0246. The van der Waals surface area contributed by atoms with Crippen LogP contribution in [0.2, 0.25) is 0 Å². The van der Waals surface area contributed by atoms with Gasteiger partial charge in [0.2, 0.25) is 5.91 Å². The predicted molar refractivity (Wildman–Crippen MR) is 69.3 cm³/mol. The smallest absolute Gasteiger partial charge is 0.220 e. The number of primary amides is 1. The number of hydrogen-bond acceptors (Lipinski definition) is 2. The van der Waals surface area contributed by atoms with Gasteiger partial charge in [-0.2, -0.15) is 0 Å². The van der Waals surface area contributed by atoms with E-state index in [1.807, 2.05) is 18.2 Å². The molecule has 18 heavy (non-hydrogen) atoms. The summed E-state index contributed by atoms with van der Waals surface area (Å²) in [5.74, 6) is 0.875. The van der Waals surface area contributed by atoms with Gasteiger partial charge in [0, 0.05) is 24.3 Å². The molecule has 0 aliphatic carbocycles. The second kappa shape index (κ2) is 5.87. The van der Waals surface area contributed by atoms with Crippen LogP contribution < -0.4 is 15.4 Å². The number of carbonyl (C=O) groups excluding carboxylic acids is 1. The maximum absolute atomic E-state index is 11.1. The Morgan fingerprint density at radius 1 is 1.39 bits per heavy atom. The van der Waals surface area contributed by atoms with E-state index in [2.05, 4.69) is 6.07 Å². The Morgan fingerprint density at radius 3 is 2.67 bits per heavy atom. The molecule has 1 fully saturated rings. The van der Waals surface area contributed by atoms with E-state index in [9.17, 15) is 4.79 Å². The molecule has 0 aromatic heterocycles. The molecule has 1 amide bonds. The molecule has 4 heteroatoms. The molecular formula is C14H21N2O2+. The lowest BCUT2D eigenvalue weighted by atomic mass is 9.96. The fraction of sp³-hybridized carbons (Fsp3) is 0.500. The van der Waals surface area contributed by atoms with Crippen LogP contribution in [0.4, 0.5) is 0 Å². The topological polar surface area (TPSA) is 56.8 Å². The molecule has 0 bridgehead atoms.